The number of carbonyl (C=O) groups excluding carboxylic acids is 1. The Kier molecular flexibility index (Phi) is 5.26. The van der Waals surface area contributed by atoms with Crippen molar-refractivity contribution in [2.75, 3.05) is 37.8 Å². The summed E-state index contributed by atoms with van der Waals surface area (Å²) in [6, 6.07) is 23.1. The first kappa shape index (κ1) is 21.4. The van der Waals surface area contributed by atoms with Crippen LogP contribution in [0.1, 0.15) is 17.3 Å². The molecule has 176 valence electrons. The molecule has 5 aromatic rings. The van der Waals surface area contributed by atoms with Gasteiger partial charge in [0.05, 0.1) is 47.5 Å². The number of fused-ring (bicyclic) bond motifs is 5. The molecule has 1 aliphatic rings. The number of para-hydroxylation sites is 1. The van der Waals surface area contributed by atoms with E-state index in [0.29, 0.717) is 40.8 Å². The van der Waals surface area contributed by atoms with E-state index in [0.717, 1.165) is 29.9 Å². The average molecular weight is 468 g/mol. The minimum absolute atomic E-state index is 0.127. The molecule has 0 amide bonds. The summed E-state index contributed by atoms with van der Waals surface area (Å²) in [4.78, 5) is 29.5. The van der Waals surface area contributed by atoms with Crippen LogP contribution < -0.4 is 10.5 Å². The lowest BCUT2D eigenvalue weighted by Gasteiger charge is -2.29. The molecule has 0 aliphatic carbocycles. The van der Waals surface area contributed by atoms with Gasteiger partial charge in [0.25, 0.3) is 5.56 Å². The maximum absolute atomic E-state index is 13.7. The van der Waals surface area contributed by atoms with E-state index in [2.05, 4.69) is 4.90 Å². The zero-order chi connectivity index (χ0) is 23.9. The predicted octanol–water partition coefficient (Wildman–Crippen LogP) is 4.39. The molecular weight excluding hydrogens is 442 g/mol. The van der Waals surface area contributed by atoms with Gasteiger partial charge in [0.2, 0.25) is 0 Å². The van der Waals surface area contributed by atoms with Crippen LogP contribution >= 0.6 is 0 Å². The number of rotatable bonds is 4. The lowest BCUT2D eigenvalue weighted by Crippen LogP contribution is -2.36. The Bertz CT molecular complexity index is 1630. The summed E-state index contributed by atoms with van der Waals surface area (Å²) < 4.78 is 14.6. The highest BCUT2D eigenvalue weighted by atomic mass is 16.5. The number of nitrogens with zero attached hydrogens (tertiary/aromatic N) is 3. The molecule has 0 atom stereocenters. The van der Waals surface area contributed by atoms with E-state index in [9.17, 15) is 9.59 Å². The van der Waals surface area contributed by atoms with Crippen LogP contribution in [0.15, 0.2) is 77.6 Å². The lowest BCUT2D eigenvalue weighted by molar-refractivity contribution is 0.0529. The molecule has 2 aromatic heterocycles. The number of morpholine rings is 1. The van der Waals surface area contributed by atoms with Gasteiger partial charge in [0, 0.05) is 29.7 Å². The molecule has 1 fully saturated rings. The fourth-order valence-electron chi connectivity index (χ4n) is 5.02. The second kappa shape index (κ2) is 8.60. The third kappa shape index (κ3) is 3.39. The first-order valence-corrected chi connectivity index (χ1v) is 11.9. The smallest absolute Gasteiger partial charge is 0.341 e. The number of benzene rings is 3. The molecule has 7 nitrogen and oxygen atoms in total. The maximum atomic E-state index is 13.7. The van der Waals surface area contributed by atoms with E-state index in [1.807, 2.05) is 77.3 Å². The molecule has 3 aromatic carbocycles. The third-order valence-electron chi connectivity index (χ3n) is 6.58. The van der Waals surface area contributed by atoms with E-state index in [1.54, 1.807) is 11.4 Å². The Labute approximate surface area is 201 Å². The summed E-state index contributed by atoms with van der Waals surface area (Å²) >= 11 is 0. The van der Waals surface area contributed by atoms with Crippen molar-refractivity contribution in [3.63, 3.8) is 0 Å². The Balaban J connectivity index is 1.81. The second-order valence-electron chi connectivity index (χ2n) is 8.56. The fraction of sp³-hybridized carbons (Fsp3) is 0.214. The SMILES string of the molecule is CCOC(=O)c1c(-c2ccccc2)n2c3ccccc3c(=O)n2c2ccc(N3CCOCC3)cc12. The number of aromatic nitrogens is 2. The van der Waals surface area contributed by atoms with Crippen molar-refractivity contribution in [2.45, 2.75) is 6.92 Å². The van der Waals surface area contributed by atoms with Crippen molar-refractivity contribution in [2.24, 2.45) is 0 Å². The van der Waals surface area contributed by atoms with Crippen LogP contribution in [0.5, 0.6) is 0 Å². The summed E-state index contributed by atoms with van der Waals surface area (Å²) in [7, 11) is 0. The highest BCUT2D eigenvalue weighted by molar-refractivity contribution is 6.10. The highest BCUT2D eigenvalue weighted by Crippen LogP contribution is 2.34. The molecule has 0 saturated carbocycles. The van der Waals surface area contributed by atoms with Crippen molar-refractivity contribution < 1.29 is 14.3 Å². The predicted molar refractivity (Wildman–Crippen MR) is 137 cm³/mol. The number of esters is 1. The average Bonchev–Trinajstić information content (AvgIpc) is 3.21. The molecule has 0 bridgehead atoms. The molecule has 7 heteroatoms. The van der Waals surface area contributed by atoms with Gasteiger partial charge in [-0.25, -0.2) is 13.8 Å². The quantitative estimate of drug-likeness (QED) is 0.367. The van der Waals surface area contributed by atoms with Gasteiger partial charge in [-0.1, -0.05) is 42.5 Å². The zero-order valence-electron chi connectivity index (χ0n) is 19.4. The van der Waals surface area contributed by atoms with Gasteiger partial charge in [-0.15, -0.1) is 0 Å². The molecule has 0 spiro atoms. The van der Waals surface area contributed by atoms with E-state index in [4.69, 9.17) is 9.47 Å². The van der Waals surface area contributed by atoms with Gasteiger partial charge in [0.15, 0.2) is 0 Å². The summed E-state index contributed by atoms with van der Waals surface area (Å²) in [5, 5.41) is 1.28. The first-order chi connectivity index (χ1) is 17.2. The van der Waals surface area contributed by atoms with Gasteiger partial charge < -0.3 is 14.4 Å². The Hall–Kier alpha value is -4.10. The van der Waals surface area contributed by atoms with Crippen molar-refractivity contribution in [3.05, 3.63) is 88.7 Å². The van der Waals surface area contributed by atoms with Gasteiger partial charge in [-0.3, -0.25) is 4.79 Å². The Morgan fingerprint density at radius 3 is 2.37 bits per heavy atom. The second-order valence-corrected chi connectivity index (χ2v) is 8.56. The van der Waals surface area contributed by atoms with Gasteiger partial charge in [-0.05, 0) is 37.3 Å². The van der Waals surface area contributed by atoms with Crippen LogP contribution in [0.4, 0.5) is 5.69 Å². The molecule has 0 N–H and O–H groups in total. The van der Waals surface area contributed by atoms with Crippen molar-refractivity contribution in [3.8, 4) is 11.3 Å². The normalized spacial score (nSPS) is 14.1. The standard InChI is InChI=1S/C28H25N3O4/c1-2-35-28(33)25-22-18-20(29-14-16-34-17-15-29)12-13-24(22)31-27(32)21-10-6-7-11-23(21)30(31)26(25)19-8-4-3-5-9-19/h3-13,18H,2,14-17H2,1H3. The van der Waals surface area contributed by atoms with Crippen LogP contribution in [0, 0.1) is 0 Å². The number of anilines is 1. The van der Waals surface area contributed by atoms with Gasteiger partial charge in [-0.2, -0.15) is 0 Å². The fourth-order valence-corrected chi connectivity index (χ4v) is 5.02. The molecule has 0 unspecified atom stereocenters. The molecule has 0 radical (unpaired) electrons. The monoisotopic (exact) mass is 467 g/mol. The van der Waals surface area contributed by atoms with E-state index in [1.165, 1.54) is 0 Å². The summed E-state index contributed by atoms with van der Waals surface area (Å²) in [5.74, 6) is -0.414. The molecule has 1 aliphatic heterocycles. The van der Waals surface area contributed by atoms with E-state index in [-0.39, 0.29) is 12.2 Å². The molecule has 1 saturated heterocycles. The maximum Gasteiger partial charge on any atom is 0.341 e. The Morgan fingerprint density at radius 2 is 1.60 bits per heavy atom. The highest BCUT2D eigenvalue weighted by Gasteiger charge is 2.26. The summed E-state index contributed by atoms with van der Waals surface area (Å²) in [6.07, 6.45) is 0. The molecular formula is C28H25N3O4. The van der Waals surface area contributed by atoms with Gasteiger partial charge in [0.1, 0.15) is 0 Å². The van der Waals surface area contributed by atoms with Crippen molar-refractivity contribution in [1.29, 1.82) is 0 Å². The van der Waals surface area contributed by atoms with E-state index >= 15 is 0 Å². The Morgan fingerprint density at radius 1 is 0.886 bits per heavy atom. The number of ether oxygens (including phenoxy) is 2. The van der Waals surface area contributed by atoms with Crippen LogP contribution in [0.3, 0.4) is 0 Å². The van der Waals surface area contributed by atoms with Crippen molar-refractivity contribution in [1.82, 2.24) is 9.03 Å². The van der Waals surface area contributed by atoms with Crippen LogP contribution in [0.25, 0.3) is 33.1 Å². The number of carbonyl (C=O) groups is 1. The zero-order valence-corrected chi connectivity index (χ0v) is 19.4. The number of hydrogen-bond donors (Lipinski definition) is 0. The summed E-state index contributed by atoms with van der Waals surface area (Å²) in [5.41, 5.74) is 4.16. The third-order valence-corrected chi connectivity index (χ3v) is 6.58. The van der Waals surface area contributed by atoms with Crippen LogP contribution in [0.2, 0.25) is 0 Å². The minimum Gasteiger partial charge on any atom is -0.462 e. The largest absolute Gasteiger partial charge is 0.462 e. The molecule has 3 heterocycles. The van der Waals surface area contributed by atoms with Crippen molar-refractivity contribution >= 4 is 33.5 Å². The number of hydrogen-bond acceptors (Lipinski definition) is 5. The minimum atomic E-state index is -0.414. The molecule has 6 rings (SSSR count). The van der Waals surface area contributed by atoms with E-state index < -0.39 is 5.97 Å². The lowest BCUT2D eigenvalue weighted by atomic mass is 10.0. The van der Waals surface area contributed by atoms with Crippen LogP contribution in [-0.2, 0) is 9.47 Å². The topological polar surface area (TPSA) is 64.7 Å². The van der Waals surface area contributed by atoms with Gasteiger partial charge >= 0.3 is 5.97 Å². The van der Waals surface area contributed by atoms with Crippen LogP contribution in [-0.4, -0.2) is 47.9 Å². The summed E-state index contributed by atoms with van der Waals surface area (Å²) in [6.45, 7) is 4.89. The molecule has 35 heavy (non-hydrogen) atoms. The first-order valence-electron chi connectivity index (χ1n) is 11.9.